The summed E-state index contributed by atoms with van der Waals surface area (Å²) in [6.45, 7) is 6.24. The monoisotopic (exact) mass is 507 g/mol. The van der Waals surface area contributed by atoms with Crippen molar-refractivity contribution >= 4 is 52.2 Å². The molecule has 0 bridgehead atoms. The standard InChI is InChI=1S/C23H19Cl2NO6S/c1-3-5-30-21-16(25)6-13(7-19(21)29-4-2)8-20-22(27)26(23(28)33-20)11-14-9-17-18(10-15(14)24)32-12-31-17/h3,6-10H,1,4-5,11-12H2,2H3/b20-8-. The van der Waals surface area contributed by atoms with Gasteiger partial charge in [0.2, 0.25) is 6.79 Å². The second-order valence-corrected chi connectivity index (χ2v) is 8.74. The zero-order valence-corrected chi connectivity index (χ0v) is 19.9. The molecule has 2 heterocycles. The van der Waals surface area contributed by atoms with E-state index in [4.69, 9.17) is 42.1 Å². The first kappa shape index (κ1) is 23.4. The summed E-state index contributed by atoms with van der Waals surface area (Å²) in [5.74, 6) is 1.44. The van der Waals surface area contributed by atoms with Crippen LogP contribution in [0.3, 0.4) is 0 Å². The van der Waals surface area contributed by atoms with Gasteiger partial charge in [0, 0.05) is 11.1 Å². The third-order valence-corrected chi connectivity index (χ3v) is 6.26. The largest absolute Gasteiger partial charge is 0.490 e. The Morgan fingerprint density at radius 2 is 1.88 bits per heavy atom. The molecule has 10 heteroatoms. The minimum Gasteiger partial charge on any atom is -0.490 e. The molecule has 0 unspecified atom stereocenters. The number of carbonyl (C=O) groups is 2. The first-order chi connectivity index (χ1) is 15.9. The molecule has 2 aromatic carbocycles. The first-order valence-corrected chi connectivity index (χ1v) is 11.5. The van der Waals surface area contributed by atoms with Gasteiger partial charge in [-0.2, -0.15) is 0 Å². The van der Waals surface area contributed by atoms with E-state index in [9.17, 15) is 9.59 Å². The Balaban J connectivity index is 1.58. The van der Waals surface area contributed by atoms with E-state index in [0.29, 0.717) is 50.8 Å². The van der Waals surface area contributed by atoms with Gasteiger partial charge in [0.1, 0.15) is 6.61 Å². The van der Waals surface area contributed by atoms with Gasteiger partial charge in [0.15, 0.2) is 23.0 Å². The van der Waals surface area contributed by atoms with E-state index in [-0.39, 0.29) is 24.8 Å². The van der Waals surface area contributed by atoms with E-state index >= 15 is 0 Å². The normalized spacial score (nSPS) is 16.0. The minimum atomic E-state index is -0.431. The summed E-state index contributed by atoms with van der Waals surface area (Å²) < 4.78 is 21.9. The number of halogens is 2. The molecule has 2 amide bonds. The fourth-order valence-corrected chi connectivity index (χ4v) is 4.58. The van der Waals surface area contributed by atoms with E-state index in [0.717, 1.165) is 16.7 Å². The highest BCUT2D eigenvalue weighted by molar-refractivity contribution is 8.18. The maximum Gasteiger partial charge on any atom is 0.293 e. The molecular formula is C23H19Cl2NO6S. The highest BCUT2D eigenvalue weighted by Gasteiger charge is 2.36. The molecule has 2 aromatic rings. The molecule has 0 saturated carbocycles. The van der Waals surface area contributed by atoms with Crippen LogP contribution in [-0.4, -0.2) is 36.1 Å². The zero-order valence-electron chi connectivity index (χ0n) is 17.6. The predicted octanol–water partition coefficient (Wildman–Crippen LogP) is 5.92. The maximum atomic E-state index is 13.0. The van der Waals surface area contributed by atoms with Crippen LogP contribution in [0.5, 0.6) is 23.0 Å². The number of benzene rings is 2. The van der Waals surface area contributed by atoms with Crippen LogP contribution >= 0.6 is 35.0 Å². The highest BCUT2D eigenvalue weighted by atomic mass is 35.5. The van der Waals surface area contributed by atoms with Crippen molar-refractivity contribution in [2.75, 3.05) is 20.0 Å². The van der Waals surface area contributed by atoms with E-state index in [2.05, 4.69) is 6.58 Å². The first-order valence-electron chi connectivity index (χ1n) is 9.94. The number of carbonyl (C=O) groups excluding carboxylic acids is 2. The topological polar surface area (TPSA) is 74.3 Å². The molecule has 1 fully saturated rings. The molecular weight excluding hydrogens is 489 g/mol. The van der Waals surface area contributed by atoms with Gasteiger partial charge in [0.25, 0.3) is 11.1 Å². The molecule has 7 nitrogen and oxygen atoms in total. The average molecular weight is 508 g/mol. The number of amides is 2. The maximum absolute atomic E-state index is 13.0. The molecule has 2 aliphatic rings. The fourth-order valence-electron chi connectivity index (χ4n) is 3.25. The number of ether oxygens (including phenoxy) is 4. The van der Waals surface area contributed by atoms with Crippen LogP contribution in [0, 0.1) is 0 Å². The lowest BCUT2D eigenvalue weighted by Gasteiger charge is -2.14. The average Bonchev–Trinajstić information content (AvgIpc) is 3.32. The second-order valence-electron chi connectivity index (χ2n) is 6.93. The molecule has 1 saturated heterocycles. The third kappa shape index (κ3) is 4.93. The van der Waals surface area contributed by atoms with Gasteiger partial charge in [-0.1, -0.05) is 35.9 Å². The third-order valence-electron chi connectivity index (χ3n) is 4.72. The van der Waals surface area contributed by atoms with E-state index < -0.39 is 11.1 Å². The summed E-state index contributed by atoms with van der Waals surface area (Å²) in [5, 5.41) is 0.299. The van der Waals surface area contributed by atoms with Crippen molar-refractivity contribution in [2.45, 2.75) is 13.5 Å². The number of rotatable bonds is 8. The smallest absolute Gasteiger partial charge is 0.293 e. The van der Waals surface area contributed by atoms with Crippen molar-refractivity contribution in [1.29, 1.82) is 0 Å². The highest BCUT2D eigenvalue weighted by Crippen LogP contribution is 2.41. The van der Waals surface area contributed by atoms with Gasteiger partial charge in [0.05, 0.1) is 23.1 Å². The van der Waals surface area contributed by atoms with Crippen molar-refractivity contribution in [3.63, 3.8) is 0 Å². The van der Waals surface area contributed by atoms with Crippen LogP contribution in [0.2, 0.25) is 10.0 Å². The fraction of sp³-hybridized carbons (Fsp3) is 0.217. The molecule has 0 aromatic heterocycles. The molecule has 33 heavy (non-hydrogen) atoms. The lowest BCUT2D eigenvalue weighted by molar-refractivity contribution is -0.123. The molecule has 172 valence electrons. The van der Waals surface area contributed by atoms with Crippen LogP contribution in [0.15, 0.2) is 41.8 Å². The van der Waals surface area contributed by atoms with Crippen molar-refractivity contribution in [3.05, 3.63) is 63.0 Å². The van der Waals surface area contributed by atoms with Gasteiger partial charge in [-0.15, -0.1) is 0 Å². The lowest BCUT2D eigenvalue weighted by Crippen LogP contribution is -2.27. The Morgan fingerprint density at radius 1 is 1.12 bits per heavy atom. The van der Waals surface area contributed by atoms with Crippen LogP contribution in [0.4, 0.5) is 4.79 Å². The Labute approximate surface area is 204 Å². The Kier molecular flexibility index (Phi) is 7.07. The van der Waals surface area contributed by atoms with Crippen LogP contribution < -0.4 is 18.9 Å². The summed E-state index contributed by atoms with van der Waals surface area (Å²) in [5.41, 5.74) is 1.18. The number of thioether (sulfide) groups is 1. The number of nitrogens with zero attached hydrogens (tertiary/aromatic N) is 1. The van der Waals surface area contributed by atoms with Gasteiger partial charge >= 0.3 is 0 Å². The summed E-state index contributed by atoms with van der Waals surface area (Å²) in [4.78, 5) is 27.0. The number of hydrogen-bond acceptors (Lipinski definition) is 7. The molecule has 0 N–H and O–H groups in total. The van der Waals surface area contributed by atoms with Crippen LogP contribution in [-0.2, 0) is 11.3 Å². The van der Waals surface area contributed by atoms with Crippen molar-refractivity contribution in [3.8, 4) is 23.0 Å². The summed E-state index contributed by atoms with van der Waals surface area (Å²) in [6.07, 6.45) is 3.19. The van der Waals surface area contributed by atoms with Gasteiger partial charge in [-0.3, -0.25) is 14.5 Å². The number of imide groups is 1. The predicted molar refractivity (Wildman–Crippen MR) is 127 cm³/mol. The molecule has 2 aliphatic heterocycles. The second kappa shape index (κ2) is 9.99. The lowest BCUT2D eigenvalue weighted by atomic mass is 10.1. The van der Waals surface area contributed by atoms with Crippen molar-refractivity contribution < 1.29 is 28.5 Å². The molecule has 0 atom stereocenters. The SMILES string of the molecule is C=CCOc1c(Cl)cc(/C=C2\SC(=O)N(Cc3cc4c(cc3Cl)OCO4)C2=O)cc1OCC. The minimum absolute atomic E-state index is 0.0107. The number of fused-ring (bicyclic) bond motifs is 1. The molecule has 0 radical (unpaired) electrons. The Bertz CT molecular complexity index is 1170. The van der Waals surface area contributed by atoms with Gasteiger partial charge in [-0.25, -0.2) is 0 Å². The van der Waals surface area contributed by atoms with Crippen molar-refractivity contribution in [2.24, 2.45) is 0 Å². The van der Waals surface area contributed by atoms with Gasteiger partial charge < -0.3 is 18.9 Å². The van der Waals surface area contributed by atoms with E-state index in [1.165, 1.54) is 0 Å². The van der Waals surface area contributed by atoms with Crippen LogP contribution in [0.25, 0.3) is 6.08 Å². The molecule has 0 aliphatic carbocycles. The quantitative estimate of drug-likeness (QED) is 0.324. The summed E-state index contributed by atoms with van der Waals surface area (Å²) >= 11 is 13.5. The summed E-state index contributed by atoms with van der Waals surface area (Å²) in [6, 6.07) is 6.64. The van der Waals surface area contributed by atoms with Crippen molar-refractivity contribution in [1.82, 2.24) is 4.90 Å². The Hall–Kier alpha value is -2.81. The van der Waals surface area contributed by atoms with E-state index in [1.54, 1.807) is 36.4 Å². The summed E-state index contributed by atoms with van der Waals surface area (Å²) in [7, 11) is 0. The zero-order chi connectivity index (χ0) is 23.5. The number of hydrogen-bond donors (Lipinski definition) is 0. The van der Waals surface area contributed by atoms with E-state index in [1.807, 2.05) is 6.92 Å². The molecule has 4 rings (SSSR count). The van der Waals surface area contributed by atoms with Gasteiger partial charge in [-0.05, 0) is 54.1 Å². The molecule has 0 spiro atoms. The van der Waals surface area contributed by atoms with Crippen LogP contribution in [0.1, 0.15) is 18.1 Å². The Morgan fingerprint density at radius 3 is 2.61 bits per heavy atom.